The number of fused-ring (bicyclic) bond motifs is 1. The second-order valence-electron chi connectivity index (χ2n) is 7.33. The third-order valence-corrected chi connectivity index (χ3v) is 4.81. The van der Waals surface area contributed by atoms with Crippen molar-refractivity contribution in [1.29, 1.82) is 0 Å². The minimum atomic E-state index is -0.464. The van der Waals surface area contributed by atoms with Crippen molar-refractivity contribution in [3.05, 3.63) is 70.4 Å². The molecule has 5 aromatic rings. The van der Waals surface area contributed by atoms with Crippen LogP contribution >= 0.6 is 0 Å². The van der Waals surface area contributed by atoms with Gasteiger partial charge in [0.05, 0.1) is 5.56 Å². The van der Waals surface area contributed by atoms with Gasteiger partial charge in [-0.15, -0.1) is 5.10 Å². The van der Waals surface area contributed by atoms with Crippen LogP contribution in [0.1, 0.15) is 11.3 Å². The second kappa shape index (κ2) is 7.61. The lowest BCUT2D eigenvalue weighted by atomic mass is 10.1. The Balaban J connectivity index is 1.47. The van der Waals surface area contributed by atoms with Gasteiger partial charge in [0, 0.05) is 23.5 Å². The molecular formula is C21H18N8O3. The molecule has 0 aliphatic rings. The molecule has 0 atom stereocenters. The van der Waals surface area contributed by atoms with Crippen LogP contribution in [0.5, 0.6) is 0 Å². The molecule has 4 aromatic heterocycles. The zero-order valence-electron chi connectivity index (χ0n) is 17.2. The Hall–Kier alpha value is -4.54. The minimum Gasteiger partial charge on any atom is -0.333 e. The van der Waals surface area contributed by atoms with Crippen LogP contribution < -0.4 is 11.0 Å². The fourth-order valence-corrected chi connectivity index (χ4v) is 3.34. The van der Waals surface area contributed by atoms with E-state index in [2.05, 4.69) is 30.8 Å². The van der Waals surface area contributed by atoms with Gasteiger partial charge in [0.1, 0.15) is 6.54 Å². The predicted molar refractivity (Wildman–Crippen MR) is 115 cm³/mol. The summed E-state index contributed by atoms with van der Waals surface area (Å²) in [6.07, 6.45) is 1.57. The largest absolute Gasteiger partial charge is 0.350 e. The molecule has 0 aliphatic heterocycles. The summed E-state index contributed by atoms with van der Waals surface area (Å²) >= 11 is 0. The van der Waals surface area contributed by atoms with E-state index in [0.717, 1.165) is 21.5 Å². The summed E-state index contributed by atoms with van der Waals surface area (Å²) in [6.45, 7) is 3.52. The van der Waals surface area contributed by atoms with E-state index in [4.69, 9.17) is 4.52 Å². The van der Waals surface area contributed by atoms with Crippen LogP contribution in [-0.4, -0.2) is 40.4 Å². The van der Waals surface area contributed by atoms with Gasteiger partial charge in [-0.3, -0.25) is 9.89 Å². The molecule has 160 valence electrons. The van der Waals surface area contributed by atoms with E-state index in [1.807, 2.05) is 38.1 Å². The number of benzene rings is 1. The normalized spacial score (nSPS) is 11.2. The molecule has 4 heterocycles. The molecule has 1 aromatic carbocycles. The van der Waals surface area contributed by atoms with Crippen LogP contribution in [-0.2, 0) is 11.3 Å². The number of aryl methyl sites for hydroxylation is 2. The quantitative estimate of drug-likeness (QED) is 0.436. The molecule has 11 nitrogen and oxygen atoms in total. The number of aromatic nitrogens is 7. The molecule has 0 unspecified atom stereocenters. The third kappa shape index (κ3) is 3.55. The van der Waals surface area contributed by atoms with Crippen molar-refractivity contribution in [2.75, 3.05) is 5.32 Å². The first kappa shape index (κ1) is 19.4. The highest BCUT2D eigenvalue weighted by atomic mass is 16.5. The lowest BCUT2D eigenvalue weighted by Gasteiger charge is -2.00. The van der Waals surface area contributed by atoms with Crippen molar-refractivity contribution < 1.29 is 9.32 Å². The average Bonchev–Trinajstić information content (AvgIpc) is 3.48. The molecule has 32 heavy (non-hydrogen) atoms. The molecule has 0 fully saturated rings. The van der Waals surface area contributed by atoms with Crippen molar-refractivity contribution in [2.24, 2.45) is 0 Å². The van der Waals surface area contributed by atoms with Gasteiger partial charge in [-0.1, -0.05) is 28.9 Å². The fraction of sp³-hybridized carbons (Fsp3) is 0.143. The van der Waals surface area contributed by atoms with E-state index in [0.29, 0.717) is 22.9 Å². The second-order valence-corrected chi connectivity index (χ2v) is 7.33. The Morgan fingerprint density at radius 3 is 2.84 bits per heavy atom. The van der Waals surface area contributed by atoms with Crippen LogP contribution in [0.2, 0.25) is 0 Å². The number of pyridine rings is 1. The summed E-state index contributed by atoms with van der Waals surface area (Å²) in [5, 5.41) is 17.7. The van der Waals surface area contributed by atoms with Crippen molar-refractivity contribution in [3.8, 4) is 22.8 Å². The van der Waals surface area contributed by atoms with E-state index >= 15 is 0 Å². The number of anilines is 1. The maximum absolute atomic E-state index is 12.8. The summed E-state index contributed by atoms with van der Waals surface area (Å²) in [7, 11) is 0. The summed E-state index contributed by atoms with van der Waals surface area (Å²) in [6, 6.07) is 12.8. The van der Waals surface area contributed by atoms with Crippen molar-refractivity contribution in [3.63, 3.8) is 0 Å². The Bertz CT molecular complexity index is 1510. The Morgan fingerprint density at radius 1 is 1.19 bits per heavy atom. The molecule has 0 bridgehead atoms. The summed E-state index contributed by atoms with van der Waals surface area (Å²) in [5.74, 6) is 0.601. The first-order chi connectivity index (χ1) is 15.5. The van der Waals surface area contributed by atoms with E-state index in [9.17, 15) is 9.59 Å². The topological polar surface area (TPSA) is 136 Å². The Labute approximate surface area is 180 Å². The number of H-pyrrole nitrogens is 1. The first-order valence-corrected chi connectivity index (χ1v) is 9.79. The summed E-state index contributed by atoms with van der Waals surface area (Å²) in [5.41, 5.74) is 3.02. The number of nitrogens with zero attached hydrogens (tertiary/aromatic N) is 6. The summed E-state index contributed by atoms with van der Waals surface area (Å²) in [4.78, 5) is 29.6. The Morgan fingerprint density at radius 2 is 2.06 bits per heavy atom. The number of carbonyl (C=O) groups excluding carboxylic acids is 1. The number of hydrogen-bond acceptors (Lipinski definition) is 7. The standard InChI is InChI=1S/C21H18N8O3/c1-12-5-3-6-14(9-12)18-23-20(32-27-18)15-7-4-8-28-19(15)26-29(21(28)31)11-17(30)22-16-10-13(2)24-25-16/h3-10H,11H2,1-2H3,(H2,22,24,25,30). The van der Waals surface area contributed by atoms with Crippen molar-refractivity contribution >= 4 is 17.4 Å². The zero-order chi connectivity index (χ0) is 22.2. The highest BCUT2D eigenvalue weighted by molar-refractivity contribution is 5.89. The number of amides is 1. The lowest BCUT2D eigenvalue weighted by Crippen LogP contribution is -2.28. The highest BCUT2D eigenvalue weighted by Gasteiger charge is 2.19. The molecule has 0 aliphatic carbocycles. The van der Waals surface area contributed by atoms with Crippen LogP contribution in [0, 0.1) is 13.8 Å². The number of hydrogen-bond donors (Lipinski definition) is 2. The van der Waals surface area contributed by atoms with Gasteiger partial charge >= 0.3 is 5.69 Å². The van der Waals surface area contributed by atoms with Gasteiger partial charge in [0.2, 0.25) is 11.7 Å². The molecule has 0 spiro atoms. The molecule has 0 saturated heterocycles. The molecular weight excluding hydrogens is 412 g/mol. The number of rotatable bonds is 5. The molecule has 0 saturated carbocycles. The average molecular weight is 430 g/mol. The van der Waals surface area contributed by atoms with Crippen LogP contribution in [0.4, 0.5) is 5.82 Å². The summed E-state index contributed by atoms with van der Waals surface area (Å²) < 4.78 is 7.85. The van der Waals surface area contributed by atoms with Gasteiger partial charge in [-0.05, 0) is 32.0 Å². The molecule has 0 radical (unpaired) electrons. The maximum atomic E-state index is 12.8. The van der Waals surface area contributed by atoms with Crippen molar-refractivity contribution in [1.82, 2.24) is 34.5 Å². The van der Waals surface area contributed by atoms with Crippen LogP contribution in [0.15, 0.2) is 58.0 Å². The predicted octanol–water partition coefficient (Wildman–Crippen LogP) is 2.19. The SMILES string of the molecule is Cc1cccc(-c2noc(-c3cccn4c(=O)n(CC(=O)Nc5cc(C)[nH]n5)nc34)n2)c1. The van der Waals surface area contributed by atoms with Crippen LogP contribution in [0.3, 0.4) is 0 Å². The van der Waals surface area contributed by atoms with Crippen molar-refractivity contribution in [2.45, 2.75) is 20.4 Å². The van der Waals surface area contributed by atoms with E-state index in [1.165, 1.54) is 4.40 Å². The first-order valence-electron chi connectivity index (χ1n) is 9.79. The smallest absolute Gasteiger partial charge is 0.333 e. The number of nitrogens with one attached hydrogen (secondary N) is 2. The van der Waals surface area contributed by atoms with Crippen LogP contribution in [0.25, 0.3) is 28.5 Å². The number of aromatic amines is 1. The lowest BCUT2D eigenvalue weighted by molar-refractivity contribution is -0.117. The van der Waals surface area contributed by atoms with Gasteiger partial charge in [0.15, 0.2) is 11.5 Å². The van der Waals surface area contributed by atoms with E-state index < -0.39 is 11.6 Å². The maximum Gasteiger partial charge on any atom is 0.350 e. The van der Waals surface area contributed by atoms with Gasteiger partial charge < -0.3 is 9.84 Å². The molecule has 1 amide bonds. The fourth-order valence-electron chi connectivity index (χ4n) is 3.34. The number of carbonyl (C=O) groups is 1. The van der Waals surface area contributed by atoms with E-state index in [-0.39, 0.29) is 12.4 Å². The van der Waals surface area contributed by atoms with Gasteiger partial charge in [-0.25, -0.2) is 13.9 Å². The highest BCUT2D eigenvalue weighted by Crippen LogP contribution is 2.24. The monoisotopic (exact) mass is 430 g/mol. The molecule has 11 heteroatoms. The van der Waals surface area contributed by atoms with E-state index in [1.54, 1.807) is 24.4 Å². The Kier molecular flexibility index (Phi) is 4.62. The minimum absolute atomic E-state index is 0.223. The third-order valence-electron chi connectivity index (χ3n) is 4.81. The van der Waals surface area contributed by atoms with Gasteiger partial charge in [0.25, 0.3) is 5.89 Å². The zero-order valence-corrected chi connectivity index (χ0v) is 17.2. The van der Waals surface area contributed by atoms with Gasteiger partial charge in [-0.2, -0.15) is 10.1 Å². The molecule has 2 N–H and O–H groups in total. The molecule has 5 rings (SSSR count).